The van der Waals surface area contributed by atoms with Crippen molar-refractivity contribution in [1.82, 2.24) is 4.90 Å². The van der Waals surface area contributed by atoms with Gasteiger partial charge in [-0.05, 0) is 52.9 Å². The fourth-order valence-corrected chi connectivity index (χ4v) is 5.20. The third-order valence-electron chi connectivity index (χ3n) is 7.70. The molecule has 7 nitrogen and oxygen atoms in total. The molecule has 0 heterocycles. The summed E-state index contributed by atoms with van der Waals surface area (Å²) >= 11 is 0. The van der Waals surface area contributed by atoms with Crippen molar-refractivity contribution in [1.29, 1.82) is 0 Å². The van der Waals surface area contributed by atoms with Crippen molar-refractivity contribution < 1.29 is 24.4 Å². The van der Waals surface area contributed by atoms with Gasteiger partial charge in [-0.15, -0.1) is 0 Å². The van der Waals surface area contributed by atoms with E-state index in [0.717, 1.165) is 28.0 Å². The SMILES string of the molecule is Nc1cc(OC[C@@H](O)CN(Cc2ccccc2)[C@H](CO)Cc2ccc(OCc3ccccc3)cc2)ccc1OCc1ccccc1. The molecule has 4 N–H and O–H groups in total. The lowest BCUT2D eigenvalue weighted by Gasteiger charge is -2.32. The van der Waals surface area contributed by atoms with Gasteiger partial charge in [-0.2, -0.15) is 0 Å². The molecule has 0 amide bonds. The van der Waals surface area contributed by atoms with E-state index in [2.05, 4.69) is 4.90 Å². The number of aliphatic hydroxyl groups is 2. The summed E-state index contributed by atoms with van der Waals surface area (Å²) in [7, 11) is 0. The smallest absolute Gasteiger partial charge is 0.142 e. The van der Waals surface area contributed by atoms with Crippen molar-refractivity contribution in [2.45, 2.75) is 38.3 Å². The zero-order chi connectivity index (χ0) is 32.0. The van der Waals surface area contributed by atoms with Gasteiger partial charge in [0.15, 0.2) is 0 Å². The highest BCUT2D eigenvalue weighted by molar-refractivity contribution is 5.56. The van der Waals surface area contributed by atoms with Gasteiger partial charge < -0.3 is 30.2 Å². The van der Waals surface area contributed by atoms with Gasteiger partial charge in [-0.1, -0.05) is 103 Å². The molecule has 5 aromatic rings. The van der Waals surface area contributed by atoms with Crippen LogP contribution < -0.4 is 19.9 Å². The molecule has 5 aromatic carbocycles. The average Bonchev–Trinajstić information content (AvgIpc) is 3.10. The van der Waals surface area contributed by atoms with E-state index in [1.807, 2.05) is 115 Å². The molecule has 0 aromatic heterocycles. The molecular weight excluding hydrogens is 576 g/mol. The summed E-state index contributed by atoms with van der Waals surface area (Å²) in [5, 5.41) is 21.6. The van der Waals surface area contributed by atoms with E-state index in [1.165, 1.54) is 0 Å². The van der Waals surface area contributed by atoms with Gasteiger partial charge in [0.2, 0.25) is 0 Å². The first-order valence-electron chi connectivity index (χ1n) is 15.6. The van der Waals surface area contributed by atoms with Crippen molar-refractivity contribution >= 4 is 5.69 Å². The summed E-state index contributed by atoms with van der Waals surface area (Å²) in [4.78, 5) is 2.11. The van der Waals surface area contributed by atoms with Gasteiger partial charge in [-0.3, -0.25) is 4.90 Å². The van der Waals surface area contributed by atoms with Gasteiger partial charge in [0.25, 0.3) is 0 Å². The van der Waals surface area contributed by atoms with Crippen molar-refractivity contribution in [2.75, 3.05) is 25.5 Å². The highest BCUT2D eigenvalue weighted by Crippen LogP contribution is 2.27. The Labute approximate surface area is 271 Å². The Bertz CT molecular complexity index is 1580. The average molecular weight is 619 g/mol. The fourth-order valence-electron chi connectivity index (χ4n) is 5.20. The molecule has 7 heteroatoms. The van der Waals surface area contributed by atoms with E-state index >= 15 is 0 Å². The summed E-state index contributed by atoms with van der Waals surface area (Å²) in [6.45, 7) is 1.81. The van der Waals surface area contributed by atoms with Gasteiger partial charge in [0, 0.05) is 25.2 Å². The van der Waals surface area contributed by atoms with Crippen LogP contribution in [0.2, 0.25) is 0 Å². The third kappa shape index (κ3) is 10.1. The Hall–Kier alpha value is -4.82. The summed E-state index contributed by atoms with van der Waals surface area (Å²) in [5.41, 5.74) is 11.0. The first kappa shape index (κ1) is 32.6. The van der Waals surface area contributed by atoms with Crippen LogP contribution in [0, 0.1) is 0 Å². The van der Waals surface area contributed by atoms with E-state index < -0.39 is 6.10 Å². The molecule has 0 saturated carbocycles. The van der Waals surface area contributed by atoms with Crippen molar-refractivity contribution in [3.05, 3.63) is 156 Å². The Morgan fingerprint density at radius 2 is 1.17 bits per heavy atom. The molecule has 0 aliphatic carbocycles. The largest absolute Gasteiger partial charge is 0.491 e. The molecule has 0 spiro atoms. The van der Waals surface area contributed by atoms with E-state index in [-0.39, 0.29) is 19.3 Å². The van der Waals surface area contributed by atoms with Crippen LogP contribution in [-0.2, 0) is 26.2 Å². The maximum atomic E-state index is 11.1. The summed E-state index contributed by atoms with van der Waals surface area (Å²) in [5.74, 6) is 1.91. The van der Waals surface area contributed by atoms with Gasteiger partial charge in [-0.25, -0.2) is 0 Å². The Kier molecular flexibility index (Phi) is 12.1. The van der Waals surface area contributed by atoms with Gasteiger partial charge in [0.05, 0.1) is 12.3 Å². The zero-order valence-corrected chi connectivity index (χ0v) is 25.9. The van der Waals surface area contributed by atoms with E-state index in [9.17, 15) is 10.2 Å². The standard InChI is InChI=1S/C39H42N2O5/c40-38-23-37(20-21-39(38)46-28-33-14-8-3-9-15-33)45-29-35(43)25-41(24-31-10-4-1-5-11-31)34(26-42)22-30-16-18-36(19-17-30)44-27-32-12-6-2-7-13-32/h1-21,23,34-35,42-43H,22,24-29,40H2/t34-,35-/m0/s1. The summed E-state index contributed by atoms with van der Waals surface area (Å²) in [6.07, 6.45) is -0.196. The Morgan fingerprint density at radius 1 is 0.609 bits per heavy atom. The lowest BCUT2D eigenvalue weighted by Crippen LogP contribution is -2.44. The minimum absolute atomic E-state index is 0.0619. The lowest BCUT2D eigenvalue weighted by molar-refractivity contribution is 0.0335. The molecule has 2 atom stereocenters. The van der Waals surface area contributed by atoms with Crippen LogP contribution in [0.25, 0.3) is 0 Å². The highest BCUT2D eigenvalue weighted by atomic mass is 16.5. The Balaban J connectivity index is 1.17. The molecule has 46 heavy (non-hydrogen) atoms. The van der Waals surface area contributed by atoms with Crippen molar-refractivity contribution in [3.8, 4) is 17.2 Å². The number of anilines is 1. The van der Waals surface area contributed by atoms with E-state index in [1.54, 1.807) is 18.2 Å². The van der Waals surface area contributed by atoms with E-state index in [4.69, 9.17) is 19.9 Å². The lowest BCUT2D eigenvalue weighted by atomic mass is 10.0. The molecular formula is C39H42N2O5. The minimum atomic E-state index is -0.804. The fraction of sp³-hybridized carbons (Fsp3) is 0.231. The first-order chi connectivity index (χ1) is 22.6. The maximum Gasteiger partial charge on any atom is 0.142 e. The molecule has 0 saturated heterocycles. The molecule has 0 aliphatic rings. The van der Waals surface area contributed by atoms with Crippen LogP contribution in [0.3, 0.4) is 0 Å². The van der Waals surface area contributed by atoms with Crippen LogP contribution in [0.5, 0.6) is 17.2 Å². The normalized spacial score (nSPS) is 12.4. The minimum Gasteiger partial charge on any atom is -0.491 e. The topological polar surface area (TPSA) is 97.4 Å². The molecule has 0 unspecified atom stereocenters. The second kappa shape index (κ2) is 17.0. The molecule has 0 bridgehead atoms. The second-order valence-corrected chi connectivity index (χ2v) is 11.3. The first-order valence-corrected chi connectivity index (χ1v) is 15.6. The number of ether oxygens (including phenoxy) is 3. The van der Waals surface area contributed by atoms with Crippen LogP contribution in [0.1, 0.15) is 22.3 Å². The van der Waals surface area contributed by atoms with Crippen LogP contribution in [0.4, 0.5) is 5.69 Å². The number of nitrogens with two attached hydrogens (primary N) is 1. The van der Waals surface area contributed by atoms with E-state index in [0.29, 0.717) is 49.9 Å². The monoisotopic (exact) mass is 618 g/mol. The number of rotatable bonds is 17. The van der Waals surface area contributed by atoms with Gasteiger partial charge in [0.1, 0.15) is 43.2 Å². The van der Waals surface area contributed by atoms with Crippen LogP contribution in [-0.4, -0.2) is 47.0 Å². The molecule has 0 fully saturated rings. The summed E-state index contributed by atoms with van der Waals surface area (Å²) < 4.78 is 17.7. The Morgan fingerprint density at radius 3 is 1.76 bits per heavy atom. The predicted octanol–water partition coefficient (Wildman–Crippen LogP) is 6.27. The quantitative estimate of drug-likeness (QED) is 0.106. The molecule has 238 valence electrons. The number of aliphatic hydroxyl groups excluding tert-OH is 2. The van der Waals surface area contributed by atoms with Crippen LogP contribution in [0.15, 0.2) is 133 Å². The van der Waals surface area contributed by atoms with Crippen molar-refractivity contribution in [2.24, 2.45) is 0 Å². The second-order valence-electron chi connectivity index (χ2n) is 11.3. The number of hydrogen-bond acceptors (Lipinski definition) is 7. The van der Waals surface area contributed by atoms with Crippen LogP contribution >= 0.6 is 0 Å². The third-order valence-corrected chi connectivity index (χ3v) is 7.70. The number of nitrogen functional groups attached to an aromatic ring is 1. The molecule has 0 radical (unpaired) electrons. The van der Waals surface area contributed by atoms with Crippen molar-refractivity contribution in [3.63, 3.8) is 0 Å². The number of hydrogen-bond donors (Lipinski definition) is 3. The molecule has 0 aliphatic heterocycles. The zero-order valence-electron chi connectivity index (χ0n) is 25.9. The predicted molar refractivity (Wildman–Crippen MR) is 182 cm³/mol. The number of nitrogens with zero attached hydrogens (tertiary/aromatic N) is 1. The maximum absolute atomic E-state index is 11.1. The number of benzene rings is 5. The highest BCUT2D eigenvalue weighted by Gasteiger charge is 2.22. The molecule has 5 rings (SSSR count). The van der Waals surface area contributed by atoms with Gasteiger partial charge >= 0.3 is 0 Å². The summed E-state index contributed by atoms with van der Waals surface area (Å²) in [6, 6.07) is 43.0.